The van der Waals surface area contributed by atoms with E-state index in [1.54, 1.807) is 7.05 Å². The number of rotatable bonds is 1. The molecule has 1 rings (SSSR count). The van der Waals surface area contributed by atoms with Gasteiger partial charge in [0.25, 0.3) is 0 Å². The summed E-state index contributed by atoms with van der Waals surface area (Å²) < 4.78 is 0. The first-order valence-electron chi connectivity index (χ1n) is 3.72. The van der Waals surface area contributed by atoms with Crippen molar-refractivity contribution in [3.05, 3.63) is 0 Å². The van der Waals surface area contributed by atoms with Crippen molar-refractivity contribution in [2.45, 2.75) is 6.04 Å². The van der Waals surface area contributed by atoms with Crippen molar-refractivity contribution in [1.82, 2.24) is 16.0 Å². The summed E-state index contributed by atoms with van der Waals surface area (Å²) in [6.07, 6.45) is 0. The quantitative estimate of drug-likeness (QED) is 0.370. The number of carbonyl (C=O) groups excluding carboxylic acids is 2. The molecule has 0 bridgehead atoms. The second-order valence-corrected chi connectivity index (χ2v) is 2.51. The summed E-state index contributed by atoms with van der Waals surface area (Å²) in [5.74, 6) is -0.134. The van der Waals surface area contributed by atoms with Gasteiger partial charge in [0.1, 0.15) is 6.04 Å². The van der Waals surface area contributed by atoms with Crippen LogP contribution < -0.4 is 21.7 Å². The van der Waals surface area contributed by atoms with Gasteiger partial charge in [-0.2, -0.15) is 0 Å². The molecule has 0 spiro atoms. The maximum Gasteiger partial charge on any atom is 0.318 e. The van der Waals surface area contributed by atoms with E-state index in [1.807, 2.05) is 0 Å². The summed E-state index contributed by atoms with van der Waals surface area (Å²) in [6.45, 7) is 0.290. The van der Waals surface area contributed by atoms with Crippen molar-refractivity contribution in [3.8, 4) is 0 Å². The van der Waals surface area contributed by atoms with Gasteiger partial charge in [0.05, 0.1) is 6.54 Å². The van der Waals surface area contributed by atoms with Gasteiger partial charge in [0.2, 0.25) is 11.9 Å². The molecule has 5 N–H and O–H groups in total. The number of hydrogen-bond acceptors (Lipinski definition) is 4. The van der Waals surface area contributed by atoms with Crippen molar-refractivity contribution in [3.63, 3.8) is 0 Å². The van der Waals surface area contributed by atoms with E-state index in [-0.39, 0.29) is 24.5 Å². The maximum atomic E-state index is 11.2. The average Bonchev–Trinajstić information content (AvgIpc) is 2.03. The third-order valence-corrected chi connectivity index (χ3v) is 1.58. The Morgan fingerprint density at radius 3 is 2.92 bits per heavy atom. The van der Waals surface area contributed by atoms with Crippen molar-refractivity contribution in [2.24, 2.45) is 10.7 Å². The molecule has 7 heteroatoms. The second-order valence-electron chi connectivity index (χ2n) is 2.51. The molecule has 0 aromatic rings. The fourth-order valence-corrected chi connectivity index (χ4v) is 0.919. The van der Waals surface area contributed by atoms with Crippen LogP contribution in [0.2, 0.25) is 0 Å². The molecule has 7 nitrogen and oxygen atoms in total. The van der Waals surface area contributed by atoms with Crippen molar-refractivity contribution in [1.29, 1.82) is 0 Å². The zero-order chi connectivity index (χ0) is 9.84. The highest BCUT2D eigenvalue weighted by Gasteiger charge is 2.22. The van der Waals surface area contributed by atoms with Crippen LogP contribution in [0.4, 0.5) is 4.79 Å². The van der Waals surface area contributed by atoms with Gasteiger partial charge in [-0.05, 0) is 7.05 Å². The van der Waals surface area contributed by atoms with Crippen LogP contribution in [0.3, 0.4) is 0 Å². The minimum absolute atomic E-state index is 0.101. The van der Waals surface area contributed by atoms with Crippen molar-refractivity contribution in [2.75, 3.05) is 13.6 Å². The number of primary amides is 1. The van der Waals surface area contributed by atoms with Gasteiger partial charge in [-0.3, -0.25) is 20.4 Å². The van der Waals surface area contributed by atoms with Gasteiger partial charge < -0.3 is 11.1 Å². The molecule has 0 fully saturated rings. The van der Waals surface area contributed by atoms with Crippen molar-refractivity contribution >= 4 is 17.9 Å². The number of aliphatic imine (C=N–C) groups is 1. The van der Waals surface area contributed by atoms with Gasteiger partial charge >= 0.3 is 6.03 Å². The van der Waals surface area contributed by atoms with Crippen LogP contribution in [0.25, 0.3) is 0 Å². The van der Waals surface area contributed by atoms with Gasteiger partial charge in [-0.15, -0.1) is 0 Å². The first-order valence-corrected chi connectivity index (χ1v) is 3.72. The van der Waals surface area contributed by atoms with Crippen LogP contribution in [0.5, 0.6) is 0 Å². The Morgan fingerprint density at radius 1 is 1.77 bits per heavy atom. The average molecular weight is 185 g/mol. The lowest BCUT2D eigenvalue weighted by Gasteiger charge is -2.20. The smallest absolute Gasteiger partial charge is 0.318 e. The van der Waals surface area contributed by atoms with E-state index >= 15 is 0 Å². The molecule has 3 amide bonds. The number of nitrogens with two attached hydrogens (primary N) is 1. The van der Waals surface area contributed by atoms with E-state index in [0.717, 1.165) is 0 Å². The number of amides is 3. The molecule has 0 saturated heterocycles. The molecule has 0 aromatic carbocycles. The largest absolute Gasteiger partial charge is 0.351 e. The predicted octanol–water partition coefficient (Wildman–Crippen LogP) is -2.27. The third kappa shape index (κ3) is 2.41. The Bertz CT molecular complexity index is 262. The van der Waals surface area contributed by atoms with Crippen LogP contribution in [0.15, 0.2) is 4.99 Å². The Kier molecular flexibility index (Phi) is 2.80. The van der Waals surface area contributed by atoms with E-state index in [9.17, 15) is 9.59 Å². The predicted molar refractivity (Wildman–Crippen MR) is 46.0 cm³/mol. The second kappa shape index (κ2) is 3.85. The van der Waals surface area contributed by atoms with Gasteiger partial charge in [0, 0.05) is 0 Å². The normalized spacial score (nSPS) is 21.8. The Labute approximate surface area is 74.8 Å². The van der Waals surface area contributed by atoms with Gasteiger partial charge in [0.15, 0.2) is 0 Å². The molecule has 0 radical (unpaired) electrons. The molecule has 0 unspecified atom stereocenters. The van der Waals surface area contributed by atoms with Gasteiger partial charge in [-0.1, -0.05) is 0 Å². The van der Waals surface area contributed by atoms with Crippen LogP contribution in [0, 0.1) is 0 Å². The molecule has 1 aliphatic rings. The lowest BCUT2D eigenvalue weighted by molar-refractivity contribution is -0.121. The van der Waals surface area contributed by atoms with Crippen LogP contribution in [-0.4, -0.2) is 37.5 Å². The molecule has 72 valence electrons. The molecule has 13 heavy (non-hydrogen) atoms. The Morgan fingerprint density at radius 2 is 2.46 bits per heavy atom. The highest BCUT2D eigenvalue weighted by molar-refractivity contribution is 6.06. The topological polar surface area (TPSA) is 109 Å². The number of urea groups is 1. The third-order valence-electron chi connectivity index (χ3n) is 1.58. The number of guanidine groups is 1. The van der Waals surface area contributed by atoms with E-state index in [1.165, 1.54) is 0 Å². The number of nitrogens with zero attached hydrogens (tertiary/aromatic N) is 1. The summed E-state index contributed by atoms with van der Waals surface area (Å²) in [6, 6.07) is -1.10. The van der Waals surface area contributed by atoms with Crippen LogP contribution in [-0.2, 0) is 4.79 Å². The number of carbonyl (C=O) groups is 2. The zero-order valence-corrected chi connectivity index (χ0v) is 7.13. The highest BCUT2D eigenvalue weighted by atomic mass is 16.2. The fourth-order valence-electron chi connectivity index (χ4n) is 0.919. The summed E-state index contributed by atoms with van der Waals surface area (Å²) in [5, 5.41) is 7.34. The van der Waals surface area contributed by atoms with E-state index in [0.29, 0.717) is 0 Å². The highest BCUT2D eigenvalue weighted by Crippen LogP contribution is 1.91. The van der Waals surface area contributed by atoms with E-state index < -0.39 is 6.03 Å². The van der Waals surface area contributed by atoms with Crippen LogP contribution in [0.1, 0.15) is 0 Å². The van der Waals surface area contributed by atoms with Crippen LogP contribution >= 0.6 is 0 Å². The number of hydrogen-bond donors (Lipinski definition) is 4. The van der Waals surface area contributed by atoms with E-state index in [2.05, 4.69) is 20.9 Å². The molecule has 1 aliphatic heterocycles. The number of likely N-dealkylation sites (N-methyl/N-ethyl adjacent to an activating group) is 1. The Balaban J connectivity index is 2.58. The molecular weight excluding hydrogens is 174 g/mol. The molecule has 1 atom stereocenters. The lowest BCUT2D eigenvalue weighted by atomic mass is 10.2. The van der Waals surface area contributed by atoms with Crippen molar-refractivity contribution < 1.29 is 9.59 Å². The summed E-state index contributed by atoms with van der Waals surface area (Å²) in [4.78, 5) is 25.4. The molecule has 0 aliphatic carbocycles. The maximum absolute atomic E-state index is 11.2. The summed E-state index contributed by atoms with van der Waals surface area (Å²) >= 11 is 0. The molecule has 0 aromatic heterocycles. The SMILES string of the molecule is CN[C@@H]1CN=C(NC(N)=O)NC1=O. The lowest BCUT2D eigenvalue weighted by Crippen LogP contribution is -2.56. The van der Waals surface area contributed by atoms with E-state index in [4.69, 9.17) is 5.73 Å². The number of nitrogens with one attached hydrogen (secondary N) is 3. The molecule has 1 heterocycles. The standard InChI is InChI=1S/C6H11N5O2/c1-8-3-2-9-6(10-4(3)12)11-5(7)13/h3,8H,2H2,1H3,(H4,7,9,10,11,12,13)/t3-/m1/s1. The zero-order valence-electron chi connectivity index (χ0n) is 7.13. The Hall–Kier alpha value is -1.63. The molecular formula is C6H11N5O2. The monoisotopic (exact) mass is 185 g/mol. The fraction of sp³-hybridized carbons (Fsp3) is 0.500. The first-order chi connectivity index (χ1) is 6.13. The minimum atomic E-state index is -0.748. The first kappa shape index (κ1) is 9.46. The minimum Gasteiger partial charge on any atom is -0.351 e. The summed E-state index contributed by atoms with van der Waals surface area (Å²) in [7, 11) is 1.66. The van der Waals surface area contributed by atoms with Gasteiger partial charge in [-0.25, -0.2) is 4.79 Å². The molecule has 0 saturated carbocycles. The summed E-state index contributed by atoms with van der Waals surface area (Å²) in [5.41, 5.74) is 4.84.